The molecule has 3 aromatic carbocycles. The molecule has 1 fully saturated rings. The van der Waals surface area contributed by atoms with E-state index in [0.717, 1.165) is 29.1 Å². The van der Waals surface area contributed by atoms with Gasteiger partial charge in [0.05, 0.1) is 36.1 Å². The minimum Gasteiger partial charge on any atom is -0.497 e. The van der Waals surface area contributed by atoms with Gasteiger partial charge in [0, 0.05) is 19.2 Å². The fraction of sp³-hybridized carbons (Fsp3) is 0.310. The van der Waals surface area contributed by atoms with Gasteiger partial charge in [-0.1, -0.05) is 29.8 Å². The third-order valence-corrected chi connectivity index (χ3v) is 8.40. The lowest BCUT2D eigenvalue weighted by Crippen LogP contribution is -2.39. The van der Waals surface area contributed by atoms with Gasteiger partial charge in [-0.05, 0) is 62.6 Å². The standard InChI is InChI=1S/C29H33N3O6S/c1-21-11-14-23(15-12-21)39(35,36)32(26-19-22(37-2)13-16-27(26)38-3)20-28(33)30-25-10-6-5-9-24(25)29(34)31-17-7-4-8-18-31/h5-6,9-16,19H,4,7-8,17-18,20H2,1-3H3,(H,30,33). The van der Waals surface area contributed by atoms with Crippen molar-refractivity contribution in [1.82, 2.24) is 4.90 Å². The molecule has 1 aliphatic heterocycles. The largest absolute Gasteiger partial charge is 0.497 e. The average molecular weight is 552 g/mol. The Morgan fingerprint density at radius 1 is 0.923 bits per heavy atom. The molecule has 39 heavy (non-hydrogen) atoms. The van der Waals surface area contributed by atoms with Crippen LogP contribution >= 0.6 is 0 Å². The first-order valence-electron chi connectivity index (χ1n) is 12.7. The van der Waals surface area contributed by atoms with Gasteiger partial charge in [-0.2, -0.15) is 0 Å². The topological polar surface area (TPSA) is 105 Å². The molecule has 0 unspecified atom stereocenters. The van der Waals surface area contributed by atoms with Crippen molar-refractivity contribution in [3.05, 3.63) is 77.9 Å². The number of hydrogen-bond acceptors (Lipinski definition) is 6. The highest BCUT2D eigenvalue weighted by molar-refractivity contribution is 7.92. The smallest absolute Gasteiger partial charge is 0.264 e. The highest BCUT2D eigenvalue weighted by atomic mass is 32.2. The molecule has 1 saturated heterocycles. The van der Waals surface area contributed by atoms with E-state index in [1.54, 1.807) is 53.4 Å². The highest BCUT2D eigenvalue weighted by Crippen LogP contribution is 2.36. The van der Waals surface area contributed by atoms with Crippen molar-refractivity contribution in [2.24, 2.45) is 0 Å². The van der Waals surface area contributed by atoms with E-state index in [-0.39, 0.29) is 22.2 Å². The number of carbonyl (C=O) groups is 2. The summed E-state index contributed by atoms with van der Waals surface area (Å²) in [6.07, 6.45) is 2.96. The second kappa shape index (κ2) is 12.2. The number of rotatable bonds is 9. The number of benzene rings is 3. The summed E-state index contributed by atoms with van der Waals surface area (Å²) in [4.78, 5) is 28.4. The quantitative estimate of drug-likeness (QED) is 0.421. The number of methoxy groups -OCH3 is 2. The molecule has 0 radical (unpaired) electrons. The Balaban J connectivity index is 1.69. The molecule has 1 aliphatic rings. The van der Waals surface area contributed by atoms with Crippen molar-refractivity contribution in [3.8, 4) is 11.5 Å². The SMILES string of the molecule is COc1ccc(OC)c(N(CC(=O)Nc2ccccc2C(=O)N2CCCCC2)S(=O)(=O)c2ccc(C)cc2)c1. The number of piperidine rings is 1. The number of likely N-dealkylation sites (tertiary alicyclic amines) is 1. The molecule has 9 nitrogen and oxygen atoms in total. The number of ether oxygens (including phenoxy) is 2. The number of anilines is 2. The van der Waals surface area contributed by atoms with E-state index >= 15 is 0 Å². The maximum absolute atomic E-state index is 13.9. The van der Waals surface area contributed by atoms with Gasteiger partial charge in [-0.15, -0.1) is 0 Å². The van der Waals surface area contributed by atoms with Crippen LogP contribution in [0.5, 0.6) is 11.5 Å². The summed E-state index contributed by atoms with van der Waals surface area (Å²) in [6, 6.07) is 17.9. The van der Waals surface area contributed by atoms with E-state index in [0.29, 0.717) is 30.1 Å². The van der Waals surface area contributed by atoms with Crippen molar-refractivity contribution in [2.45, 2.75) is 31.1 Å². The van der Waals surface area contributed by atoms with Crippen LogP contribution in [0.4, 0.5) is 11.4 Å². The first-order valence-corrected chi connectivity index (χ1v) is 14.2. The van der Waals surface area contributed by atoms with Gasteiger partial charge in [-0.25, -0.2) is 8.42 Å². The Kier molecular flexibility index (Phi) is 8.75. The van der Waals surface area contributed by atoms with E-state index in [4.69, 9.17) is 9.47 Å². The first-order chi connectivity index (χ1) is 18.7. The van der Waals surface area contributed by atoms with Gasteiger partial charge < -0.3 is 19.7 Å². The summed E-state index contributed by atoms with van der Waals surface area (Å²) < 4.78 is 39.5. The lowest BCUT2D eigenvalue weighted by atomic mass is 10.1. The maximum atomic E-state index is 13.9. The zero-order valence-corrected chi connectivity index (χ0v) is 23.2. The van der Waals surface area contributed by atoms with Gasteiger partial charge >= 0.3 is 0 Å². The van der Waals surface area contributed by atoms with Crippen LogP contribution in [0.1, 0.15) is 35.2 Å². The number of nitrogens with one attached hydrogen (secondary N) is 1. The minimum absolute atomic E-state index is 0.0199. The molecule has 0 aliphatic carbocycles. The van der Waals surface area contributed by atoms with Crippen molar-refractivity contribution in [2.75, 3.05) is 43.5 Å². The molecular formula is C29H33N3O6S. The van der Waals surface area contributed by atoms with Crippen LogP contribution < -0.4 is 19.1 Å². The van der Waals surface area contributed by atoms with E-state index < -0.39 is 22.5 Å². The third kappa shape index (κ3) is 6.34. The Hall–Kier alpha value is -4.05. The number of amides is 2. The van der Waals surface area contributed by atoms with Crippen molar-refractivity contribution >= 4 is 33.2 Å². The lowest BCUT2D eigenvalue weighted by molar-refractivity contribution is -0.114. The van der Waals surface area contributed by atoms with Crippen LogP contribution in [0.25, 0.3) is 0 Å². The predicted molar refractivity (Wildman–Crippen MR) is 150 cm³/mol. The first kappa shape index (κ1) is 28.0. The molecule has 4 rings (SSSR count). The predicted octanol–water partition coefficient (Wildman–Crippen LogP) is 4.47. The molecule has 3 aromatic rings. The zero-order valence-electron chi connectivity index (χ0n) is 22.3. The Morgan fingerprint density at radius 3 is 2.28 bits per heavy atom. The second-order valence-electron chi connectivity index (χ2n) is 9.31. The fourth-order valence-corrected chi connectivity index (χ4v) is 5.92. The van der Waals surface area contributed by atoms with Crippen LogP contribution in [0.2, 0.25) is 0 Å². The van der Waals surface area contributed by atoms with Crippen LogP contribution in [-0.4, -0.2) is 59.0 Å². The molecular weight excluding hydrogens is 518 g/mol. The summed E-state index contributed by atoms with van der Waals surface area (Å²) in [5.74, 6) is -0.133. The van der Waals surface area contributed by atoms with E-state index in [1.807, 2.05) is 6.92 Å². The highest BCUT2D eigenvalue weighted by Gasteiger charge is 2.30. The fourth-order valence-electron chi connectivity index (χ4n) is 4.49. The second-order valence-corrected chi connectivity index (χ2v) is 11.2. The van der Waals surface area contributed by atoms with Crippen LogP contribution in [0.3, 0.4) is 0 Å². The Morgan fingerprint density at radius 2 is 1.62 bits per heavy atom. The molecule has 10 heteroatoms. The van der Waals surface area contributed by atoms with E-state index in [2.05, 4.69) is 5.32 Å². The summed E-state index contributed by atoms with van der Waals surface area (Å²) in [5.41, 5.74) is 1.72. The van der Waals surface area contributed by atoms with Crippen LogP contribution in [-0.2, 0) is 14.8 Å². The summed E-state index contributed by atoms with van der Waals surface area (Å²) in [7, 11) is -1.31. The summed E-state index contributed by atoms with van der Waals surface area (Å²) in [6.45, 7) is 2.62. The van der Waals surface area contributed by atoms with Crippen molar-refractivity contribution < 1.29 is 27.5 Å². The average Bonchev–Trinajstić information content (AvgIpc) is 2.96. The number of aryl methyl sites for hydroxylation is 1. The Labute approximate surface area is 229 Å². The molecule has 0 bridgehead atoms. The van der Waals surface area contributed by atoms with Crippen molar-refractivity contribution in [1.29, 1.82) is 0 Å². The number of carbonyl (C=O) groups excluding carboxylic acids is 2. The van der Waals surface area contributed by atoms with E-state index in [1.165, 1.54) is 32.4 Å². The van der Waals surface area contributed by atoms with Crippen molar-refractivity contribution in [3.63, 3.8) is 0 Å². The minimum atomic E-state index is -4.20. The number of sulfonamides is 1. The van der Waals surface area contributed by atoms with Gasteiger partial charge in [-0.3, -0.25) is 13.9 Å². The molecule has 0 spiro atoms. The maximum Gasteiger partial charge on any atom is 0.264 e. The number of para-hydroxylation sites is 1. The molecule has 2 amide bonds. The van der Waals surface area contributed by atoms with Gasteiger partial charge in [0.2, 0.25) is 5.91 Å². The molecule has 0 saturated carbocycles. The molecule has 0 atom stereocenters. The summed E-state index contributed by atoms with van der Waals surface area (Å²) in [5, 5.41) is 2.76. The van der Waals surface area contributed by atoms with Crippen LogP contribution in [0.15, 0.2) is 71.6 Å². The molecule has 1 N–H and O–H groups in total. The molecule has 0 aromatic heterocycles. The normalized spacial score (nSPS) is 13.5. The summed E-state index contributed by atoms with van der Waals surface area (Å²) >= 11 is 0. The number of hydrogen-bond donors (Lipinski definition) is 1. The van der Waals surface area contributed by atoms with Gasteiger partial charge in [0.25, 0.3) is 15.9 Å². The van der Waals surface area contributed by atoms with Gasteiger partial charge in [0.1, 0.15) is 18.0 Å². The molecule has 1 heterocycles. The zero-order chi connectivity index (χ0) is 28.0. The lowest BCUT2D eigenvalue weighted by Gasteiger charge is -2.28. The number of nitrogens with zero attached hydrogens (tertiary/aromatic N) is 2. The van der Waals surface area contributed by atoms with E-state index in [9.17, 15) is 18.0 Å². The molecule has 206 valence electrons. The Bertz CT molecular complexity index is 1430. The van der Waals surface area contributed by atoms with Crippen LogP contribution in [0, 0.1) is 6.92 Å². The monoisotopic (exact) mass is 551 g/mol. The van der Waals surface area contributed by atoms with Gasteiger partial charge in [0.15, 0.2) is 0 Å². The third-order valence-electron chi connectivity index (χ3n) is 6.63.